The number of anilines is 7. The molecule has 0 atom stereocenters. The summed E-state index contributed by atoms with van der Waals surface area (Å²) >= 11 is 3.36. The number of aromatic nitrogens is 11. The summed E-state index contributed by atoms with van der Waals surface area (Å²) in [4.78, 5) is 95.4. The first-order valence-corrected chi connectivity index (χ1v) is 28.2. The fourth-order valence-electron chi connectivity index (χ4n) is 10.6. The molecule has 436 valence electrons. The minimum atomic E-state index is -0.541. The van der Waals surface area contributed by atoms with Gasteiger partial charge < -0.3 is 43.5 Å². The van der Waals surface area contributed by atoms with E-state index in [1.54, 1.807) is 100 Å². The second-order valence-corrected chi connectivity index (χ2v) is 24.2. The predicted molar refractivity (Wildman–Crippen MR) is 329 cm³/mol. The maximum absolute atomic E-state index is 13.7. The summed E-state index contributed by atoms with van der Waals surface area (Å²) in [5.74, 6) is 3.76. The Morgan fingerprint density at radius 2 is 1.10 bits per heavy atom. The quantitative estimate of drug-likeness (QED) is 0.0863. The van der Waals surface area contributed by atoms with Gasteiger partial charge in [0.15, 0.2) is 6.29 Å². The third kappa shape index (κ3) is 12.8. The van der Waals surface area contributed by atoms with Crippen LogP contribution in [0, 0.1) is 47.0 Å². The second kappa shape index (κ2) is 23.3. The van der Waals surface area contributed by atoms with E-state index in [-0.39, 0.29) is 28.0 Å². The first-order chi connectivity index (χ1) is 39.5. The van der Waals surface area contributed by atoms with Crippen molar-refractivity contribution in [3.8, 4) is 11.1 Å². The molecule has 1 amide bonds. The van der Waals surface area contributed by atoms with E-state index in [9.17, 15) is 24.0 Å². The van der Waals surface area contributed by atoms with Crippen LogP contribution in [0.15, 0.2) is 92.2 Å². The maximum Gasteiger partial charge on any atom is 0.496 e. The molecule has 24 heteroatoms. The summed E-state index contributed by atoms with van der Waals surface area (Å²) in [6.07, 6.45) is 9.34. The highest BCUT2D eigenvalue weighted by Gasteiger charge is 2.52. The smallest absolute Gasteiger partial charge is 0.399 e. The molecule has 3 aliphatic rings. The Morgan fingerprint density at radius 3 is 1.61 bits per heavy atom. The van der Waals surface area contributed by atoms with Crippen molar-refractivity contribution in [1.29, 1.82) is 0 Å². The third-order valence-electron chi connectivity index (χ3n) is 15.0. The molecule has 3 N–H and O–H groups in total. The summed E-state index contributed by atoms with van der Waals surface area (Å²) in [7, 11) is 4.52. The molecule has 0 spiro atoms. The number of amides is 1. The number of carbonyl (C=O) groups excluding carboxylic acids is 2. The zero-order chi connectivity index (χ0) is 60.9. The minimum absolute atomic E-state index is 0.105. The lowest BCUT2D eigenvalue weighted by Crippen LogP contribution is -2.41. The van der Waals surface area contributed by atoms with Crippen LogP contribution >= 0.6 is 15.9 Å². The molecule has 0 radical (unpaired) electrons. The summed E-state index contributed by atoms with van der Waals surface area (Å²) < 4.78 is 19.6. The first kappa shape index (κ1) is 60.1. The fraction of sp³-hybridized carbons (Fsp3) is 0.367. The summed E-state index contributed by atoms with van der Waals surface area (Å²) in [5, 5.41) is 9.23. The number of fused-ring (bicyclic) bond motifs is 3. The van der Waals surface area contributed by atoms with Gasteiger partial charge in [0.05, 0.1) is 16.8 Å². The Bertz CT molecular complexity index is 4040. The second-order valence-electron chi connectivity index (χ2n) is 23.3. The van der Waals surface area contributed by atoms with Gasteiger partial charge in [-0.2, -0.15) is 0 Å². The molecule has 8 aromatic heterocycles. The molecule has 1 saturated heterocycles. The van der Waals surface area contributed by atoms with Crippen LogP contribution in [0.5, 0.6) is 0 Å². The average Bonchev–Trinajstić information content (AvgIpc) is 1.78. The topological polar surface area (TPSA) is 253 Å². The average molecular weight is 1200 g/mol. The van der Waals surface area contributed by atoms with Gasteiger partial charge in [0, 0.05) is 115 Å². The number of halogens is 1. The highest BCUT2D eigenvalue weighted by molar-refractivity contribution is 9.10. The van der Waals surface area contributed by atoms with Crippen LogP contribution in [0.4, 0.5) is 40.3 Å². The normalized spacial score (nSPS) is 15.3. The molecule has 0 unspecified atom stereocenters. The van der Waals surface area contributed by atoms with Gasteiger partial charge >= 0.3 is 7.12 Å². The van der Waals surface area contributed by atoms with E-state index >= 15 is 0 Å². The summed E-state index contributed by atoms with van der Waals surface area (Å²) in [6.45, 7) is 24.6. The lowest BCUT2D eigenvalue weighted by atomic mass is 9.80. The molecule has 0 saturated carbocycles. The van der Waals surface area contributed by atoms with E-state index < -0.39 is 18.3 Å². The monoisotopic (exact) mass is 1200 g/mol. The molecule has 0 aromatic carbocycles. The molecule has 84 heavy (non-hydrogen) atoms. The number of hydrogen-bond donors (Lipinski definition) is 3. The van der Waals surface area contributed by atoms with Crippen molar-refractivity contribution in [3.05, 3.63) is 166 Å². The number of aldehydes is 1. The van der Waals surface area contributed by atoms with Gasteiger partial charge in [-0.3, -0.25) is 28.9 Å². The van der Waals surface area contributed by atoms with Gasteiger partial charge in [0.2, 0.25) is 0 Å². The zero-order valence-corrected chi connectivity index (χ0v) is 51.6. The van der Waals surface area contributed by atoms with Crippen LogP contribution in [0.25, 0.3) is 11.1 Å². The molecule has 22 nitrogen and oxygen atoms in total. The Hall–Kier alpha value is -8.48. The molecule has 2 aliphatic heterocycles. The fourth-order valence-corrected chi connectivity index (χ4v) is 11.1. The number of nitrogens with one attached hydrogen (secondary N) is 3. The Labute approximate surface area is 495 Å². The Balaban J connectivity index is 0.000000165. The largest absolute Gasteiger partial charge is 0.496 e. The number of nitrogens with zero attached hydrogens (tertiary/aromatic N) is 12. The van der Waals surface area contributed by atoms with Crippen molar-refractivity contribution >= 4 is 81.0 Å². The lowest BCUT2D eigenvalue weighted by molar-refractivity contribution is 0.00578. The van der Waals surface area contributed by atoms with Gasteiger partial charge in [-0.1, -0.05) is 13.8 Å². The van der Waals surface area contributed by atoms with Crippen molar-refractivity contribution in [3.63, 3.8) is 0 Å². The van der Waals surface area contributed by atoms with Crippen molar-refractivity contribution in [2.45, 2.75) is 114 Å². The van der Waals surface area contributed by atoms with E-state index in [2.05, 4.69) is 85.2 Å². The highest BCUT2D eigenvalue weighted by atomic mass is 79.9. The number of pyridine rings is 4. The van der Waals surface area contributed by atoms with Crippen molar-refractivity contribution in [2.75, 3.05) is 27.4 Å². The molecular formula is C60H69BBrN15O7. The third-order valence-corrected chi connectivity index (χ3v) is 15.5. The van der Waals surface area contributed by atoms with Crippen LogP contribution in [-0.4, -0.2) is 90.2 Å². The molecule has 11 rings (SSSR count). The summed E-state index contributed by atoms with van der Waals surface area (Å²) in [6, 6.07) is 14.3. The minimum Gasteiger partial charge on any atom is -0.399 e. The molecule has 0 bridgehead atoms. The van der Waals surface area contributed by atoms with E-state index in [0.29, 0.717) is 93.3 Å². The van der Waals surface area contributed by atoms with E-state index in [4.69, 9.17) is 9.31 Å². The zero-order valence-electron chi connectivity index (χ0n) is 50.0. The molecule has 1 fully saturated rings. The van der Waals surface area contributed by atoms with Gasteiger partial charge in [0.25, 0.3) is 22.6 Å². The van der Waals surface area contributed by atoms with Crippen molar-refractivity contribution < 1.29 is 18.9 Å². The SMILES string of the molecule is Cc1cc(Nc2cc(-c3ccnc(N4CCn5c(cc6c5CC(C)(C)C6)C4=O)c3C=O)cn(C)c2=O)nc(C)n1.Cc1cc(Nc2cc(B3OC(C)(C)C(C)(C)O3)cn(C)c2=O)nc(C)n1.Cc1cc(Nc2cc(Br)cn(C)c2=O)nc(C)n1. The number of carbonyl (C=O) groups is 2. The van der Waals surface area contributed by atoms with Crippen LogP contribution in [0.2, 0.25) is 0 Å². The molecule has 1 aliphatic carbocycles. The van der Waals surface area contributed by atoms with Crippen molar-refractivity contribution in [1.82, 2.24) is 53.2 Å². The summed E-state index contributed by atoms with van der Waals surface area (Å²) in [5.41, 5.74) is 7.84. The van der Waals surface area contributed by atoms with Crippen LogP contribution < -0.4 is 43.0 Å². The number of aryl methyl sites for hydroxylation is 9. The van der Waals surface area contributed by atoms with E-state index in [1.807, 2.05) is 68.4 Å². The van der Waals surface area contributed by atoms with E-state index in [1.165, 1.54) is 25.0 Å². The van der Waals surface area contributed by atoms with E-state index in [0.717, 1.165) is 46.1 Å². The number of hydrogen-bond acceptors (Lipinski definition) is 17. The van der Waals surface area contributed by atoms with Gasteiger partial charge in [-0.15, -0.1) is 0 Å². The van der Waals surface area contributed by atoms with Crippen LogP contribution in [0.1, 0.15) is 108 Å². The lowest BCUT2D eigenvalue weighted by Gasteiger charge is -2.32. The molecular weight excluding hydrogens is 1130 g/mol. The predicted octanol–water partition coefficient (Wildman–Crippen LogP) is 8.13. The van der Waals surface area contributed by atoms with Gasteiger partial charge in [0.1, 0.15) is 63.5 Å². The number of rotatable bonds is 10. The van der Waals surface area contributed by atoms with Crippen LogP contribution in [-0.2, 0) is 49.8 Å². The standard InChI is InChI=1S/C30H31N7O3.C18H25BN4O3.C12H13BrN4O/c1-17-10-26(33-18(2)32-17)34-23-11-20(15-35(5)28(23)39)21-6-7-31-27(22(21)16-38)37-9-8-36-24(29(37)40)12-19-13-30(3,4)14-25(19)36;1-11-8-15(21-12(2)20-11)22-14-9-13(10-23(7)16(14)24)19-25-17(3,4)18(5,6)26-19;1-7-4-11(15-8(2)14-7)16-10-5-9(13)6-17(3)12(10)18/h6-7,10-12,15-16H,8-9,13-14H2,1-5H3,(H,32,33,34);8-10H,1-7H3,(H,20,21,22);4-6H,1-3H3,(H,14,15,16). The highest BCUT2D eigenvalue weighted by Crippen LogP contribution is 2.41. The van der Waals surface area contributed by atoms with Gasteiger partial charge in [-0.25, -0.2) is 34.9 Å². The van der Waals surface area contributed by atoms with Gasteiger partial charge in [-0.05, 0) is 145 Å². The van der Waals surface area contributed by atoms with Crippen molar-refractivity contribution in [2.24, 2.45) is 26.6 Å². The maximum atomic E-state index is 13.7. The van der Waals surface area contributed by atoms with Crippen LogP contribution in [0.3, 0.4) is 0 Å². The Morgan fingerprint density at radius 1 is 0.607 bits per heavy atom. The molecule has 10 heterocycles. The molecule has 8 aromatic rings. The Kier molecular flexibility index (Phi) is 16.7. The first-order valence-electron chi connectivity index (χ1n) is 27.4.